The summed E-state index contributed by atoms with van der Waals surface area (Å²) < 4.78 is 5.04. The van der Waals surface area contributed by atoms with Crippen LogP contribution >= 0.6 is 0 Å². The van der Waals surface area contributed by atoms with E-state index in [9.17, 15) is 9.90 Å². The molecule has 0 aliphatic heterocycles. The van der Waals surface area contributed by atoms with Crippen LogP contribution < -0.4 is 5.48 Å². The van der Waals surface area contributed by atoms with Crippen LogP contribution in [-0.2, 0) is 9.57 Å². The topological polar surface area (TPSA) is 88.0 Å². The fourth-order valence-electron chi connectivity index (χ4n) is 1.52. The highest BCUT2D eigenvalue weighted by molar-refractivity contribution is 5.66. The summed E-state index contributed by atoms with van der Waals surface area (Å²) in [5, 5.41) is 18.3. The third kappa shape index (κ3) is 5.90. The van der Waals surface area contributed by atoms with Crippen LogP contribution in [0.3, 0.4) is 0 Å². The summed E-state index contributed by atoms with van der Waals surface area (Å²) in [4.78, 5) is 16.7. The van der Waals surface area contributed by atoms with Crippen molar-refractivity contribution < 1.29 is 24.6 Å². The molecule has 0 bridgehead atoms. The van der Waals surface area contributed by atoms with E-state index in [2.05, 4.69) is 5.48 Å². The molecule has 6 nitrogen and oxygen atoms in total. The molecule has 20 heavy (non-hydrogen) atoms. The summed E-state index contributed by atoms with van der Waals surface area (Å²) in [5.41, 5.74) is 2.32. The number of phenolic OH excluding ortho intramolecular Hbond substituents is 1. The number of ether oxygens (including phenoxy) is 1. The molecule has 0 fully saturated rings. The summed E-state index contributed by atoms with van der Waals surface area (Å²) in [6.07, 6.45) is -0.909. The molecule has 3 N–H and O–H groups in total. The zero-order valence-electron chi connectivity index (χ0n) is 11.9. The van der Waals surface area contributed by atoms with E-state index in [1.807, 2.05) is 0 Å². The first kappa shape index (κ1) is 16.3. The minimum atomic E-state index is -0.695. The second-order valence-corrected chi connectivity index (χ2v) is 5.31. The second kappa shape index (κ2) is 7.12. The molecule has 1 atom stereocenters. The van der Waals surface area contributed by atoms with Gasteiger partial charge in [-0.3, -0.25) is 4.84 Å². The van der Waals surface area contributed by atoms with Gasteiger partial charge in [0.1, 0.15) is 17.5 Å². The molecule has 6 heteroatoms. The van der Waals surface area contributed by atoms with Crippen LogP contribution in [0.1, 0.15) is 38.9 Å². The third-order valence-corrected chi connectivity index (χ3v) is 2.34. The lowest BCUT2D eigenvalue weighted by atomic mass is 10.1. The summed E-state index contributed by atoms with van der Waals surface area (Å²) in [7, 11) is 0. The van der Waals surface area contributed by atoms with Crippen molar-refractivity contribution in [2.75, 3.05) is 6.61 Å². The number of rotatable bonds is 5. The number of phenols is 1. The molecule has 1 unspecified atom stereocenters. The van der Waals surface area contributed by atoms with Gasteiger partial charge in [-0.2, -0.15) is 5.48 Å². The Balaban J connectivity index is 2.59. The number of hydrogen-bond donors (Lipinski definition) is 3. The highest BCUT2D eigenvalue weighted by Crippen LogP contribution is 2.22. The average molecular weight is 283 g/mol. The summed E-state index contributed by atoms with van der Waals surface area (Å²) in [6.45, 7) is 5.15. The molecule has 1 aromatic carbocycles. The molecule has 1 aromatic rings. The fourth-order valence-corrected chi connectivity index (χ4v) is 1.52. The zero-order valence-corrected chi connectivity index (χ0v) is 11.9. The van der Waals surface area contributed by atoms with E-state index in [0.29, 0.717) is 6.42 Å². The first-order chi connectivity index (χ1) is 9.31. The van der Waals surface area contributed by atoms with Crippen molar-refractivity contribution in [1.29, 1.82) is 0 Å². The predicted octanol–water partition coefficient (Wildman–Crippen LogP) is 2.27. The lowest BCUT2D eigenvalue weighted by molar-refractivity contribution is -0.0505. The molecule has 0 saturated heterocycles. The Labute approximate surface area is 118 Å². The molecule has 0 aliphatic carbocycles. The van der Waals surface area contributed by atoms with Crippen LogP contribution in [0.4, 0.5) is 4.79 Å². The predicted molar refractivity (Wildman–Crippen MR) is 73.0 cm³/mol. The number of benzene rings is 1. The molecule has 0 heterocycles. The molecule has 1 rings (SSSR count). The average Bonchev–Trinajstić information content (AvgIpc) is 2.33. The van der Waals surface area contributed by atoms with Crippen molar-refractivity contribution in [3.63, 3.8) is 0 Å². The maximum Gasteiger partial charge on any atom is 0.431 e. The SMILES string of the molecule is CC(C)(C)OC(=O)NOC(CCO)c1ccc(O)cc1. The van der Waals surface area contributed by atoms with Crippen molar-refractivity contribution in [3.05, 3.63) is 29.8 Å². The lowest BCUT2D eigenvalue weighted by Crippen LogP contribution is -2.33. The first-order valence-electron chi connectivity index (χ1n) is 6.36. The van der Waals surface area contributed by atoms with Crippen molar-refractivity contribution in [3.8, 4) is 5.75 Å². The largest absolute Gasteiger partial charge is 0.508 e. The normalized spacial score (nSPS) is 12.8. The van der Waals surface area contributed by atoms with Crippen LogP contribution in [0.25, 0.3) is 0 Å². The highest BCUT2D eigenvalue weighted by atomic mass is 16.7. The van der Waals surface area contributed by atoms with Crippen molar-refractivity contribution >= 4 is 6.09 Å². The van der Waals surface area contributed by atoms with Crippen LogP contribution in [0.15, 0.2) is 24.3 Å². The van der Waals surface area contributed by atoms with Crippen LogP contribution in [0, 0.1) is 0 Å². The first-order valence-corrected chi connectivity index (χ1v) is 6.36. The maximum atomic E-state index is 11.5. The van der Waals surface area contributed by atoms with Gasteiger partial charge < -0.3 is 14.9 Å². The van der Waals surface area contributed by atoms with Gasteiger partial charge in [-0.1, -0.05) is 12.1 Å². The third-order valence-electron chi connectivity index (χ3n) is 2.34. The van der Waals surface area contributed by atoms with E-state index in [4.69, 9.17) is 14.7 Å². The standard InChI is InChI=1S/C14H21NO5/c1-14(2,3)19-13(18)15-20-12(8-9-16)10-4-6-11(17)7-5-10/h4-7,12,16-17H,8-9H2,1-3H3,(H,15,18). The van der Waals surface area contributed by atoms with E-state index in [1.165, 1.54) is 12.1 Å². The van der Waals surface area contributed by atoms with E-state index >= 15 is 0 Å². The van der Waals surface area contributed by atoms with Gasteiger partial charge in [-0.25, -0.2) is 4.79 Å². The van der Waals surface area contributed by atoms with Gasteiger partial charge in [0, 0.05) is 13.0 Å². The molecular weight excluding hydrogens is 262 g/mol. The van der Waals surface area contributed by atoms with Crippen LogP contribution in [-0.4, -0.2) is 28.5 Å². The minimum Gasteiger partial charge on any atom is -0.508 e. The quantitative estimate of drug-likeness (QED) is 0.721. The molecule has 112 valence electrons. The highest BCUT2D eigenvalue weighted by Gasteiger charge is 2.18. The fraction of sp³-hybridized carbons (Fsp3) is 0.500. The number of hydrogen-bond acceptors (Lipinski definition) is 5. The lowest BCUT2D eigenvalue weighted by Gasteiger charge is -2.22. The Morgan fingerprint density at radius 3 is 2.40 bits per heavy atom. The number of amides is 1. The van der Waals surface area contributed by atoms with Crippen molar-refractivity contribution in [2.45, 2.75) is 38.9 Å². The molecular formula is C14H21NO5. The van der Waals surface area contributed by atoms with Gasteiger partial charge in [-0.15, -0.1) is 0 Å². The van der Waals surface area contributed by atoms with E-state index in [0.717, 1.165) is 5.56 Å². The van der Waals surface area contributed by atoms with Gasteiger partial charge in [0.05, 0.1) is 0 Å². The number of aliphatic hydroxyl groups is 1. The number of carbonyl (C=O) groups is 1. The van der Waals surface area contributed by atoms with Gasteiger partial charge in [-0.05, 0) is 38.5 Å². The Bertz CT molecular complexity index is 424. The maximum absolute atomic E-state index is 11.5. The Hall–Kier alpha value is -1.79. The monoisotopic (exact) mass is 283 g/mol. The van der Waals surface area contributed by atoms with Crippen LogP contribution in [0.5, 0.6) is 5.75 Å². The number of carbonyl (C=O) groups excluding carboxylic acids is 1. The Kier molecular flexibility index (Phi) is 5.79. The van der Waals surface area contributed by atoms with Crippen molar-refractivity contribution in [1.82, 2.24) is 5.48 Å². The number of aromatic hydroxyl groups is 1. The molecule has 0 spiro atoms. The minimum absolute atomic E-state index is 0.0957. The van der Waals surface area contributed by atoms with Gasteiger partial charge >= 0.3 is 6.09 Å². The van der Waals surface area contributed by atoms with Crippen molar-refractivity contribution in [2.24, 2.45) is 0 Å². The summed E-state index contributed by atoms with van der Waals surface area (Å²) in [6, 6.07) is 6.34. The molecule has 0 saturated carbocycles. The summed E-state index contributed by atoms with van der Waals surface area (Å²) in [5.74, 6) is 0.136. The Morgan fingerprint density at radius 2 is 1.90 bits per heavy atom. The van der Waals surface area contributed by atoms with E-state index in [-0.39, 0.29) is 12.4 Å². The number of aliphatic hydroxyl groups excluding tert-OH is 1. The molecule has 0 aliphatic rings. The smallest absolute Gasteiger partial charge is 0.431 e. The number of nitrogens with one attached hydrogen (secondary N) is 1. The summed E-state index contributed by atoms with van der Waals surface area (Å²) >= 11 is 0. The van der Waals surface area contributed by atoms with E-state index < -0.39 is 17.8 Å². The number of hydroxylamine groups is 1. The Morgan fingerprint density at radius 1 is 1.30 bits per heavy atom. The second-order valence-electron chi connectivity index (χ2n) is 5.31. The zero-order chi connectivity index (χ0) is 15.2. The van der Waals surface area contributed by atoms with Gasteiger partial charge in [0.25, 0.3) is 0 Å². The van der Waals surface area contributed by atoms with Gasteiger partial charge in [0.2, 0.25) is 0 Å². The molecule has 0 radical (unpaired) electrons. The van der Waals surface area contributed by atoms with Gasteiger partial charge in [0.15, 0.2) is 0 Å². The van der Waals surface area contributed by atoms with E-state index in [1.54, 1.807) is 32.9 Å². The van der Waals surface area contributed by atoms with Crippen LogP contribution in [0.2, 0.25) is 0 Å². The molecule has 1 amide bonds. The molecule has 0 aromatic heterocycles.